The average molecular weight is 413 g/mol. The number of fused-ring (bicyclic) bond motifs is 1. The van der Waals surface area contributed by atoms with Crippen molar-refractivity contribution in [3.63, 3.8) is 0 Å². The fourth-order valence-electron chi connectivity index (χ4n) is 2.95. The number of rotatable bonds is 4. The zero-order valence-electron chi connectivity index (χ0n) is 14.1. The van der Waals surface area contributed by atoms with E-state index in [9.17, 15) is 13.2 Å². The van der Waals surface area contributed by atoms with Crippen molar-refractivity contribution in [3.05, 3.63) is 57.6 Å². The van der Waals surface area contributed by atoms with Crippen LogP contribution in [0.4, 0.5) is 5.69 Å². The zero-order chi connectivity index (χ0) is 18.9. The molecule has 0 radical (unpaired) electrons. The first-order valence-electron chi connectivity index (χ1n) is 8.17. The number of benzene rings is 2. The molecule has 5 nitrogen and oxygen atoms in total. The van der Waals surface area contributed by atoms with Crippen LogP contribution in [0.1, 0.15) is 24.5 Å². The van der Waals surface area contributed by atoms with E-state index < -0.39 is 10.0 Å². The van der Waals surface area contributed by atoms with Crippen LogP contribution < -0.4 is 4.72 Å². The van der Waals surface area contributed by atoms with Crippen LogP contribution in [0.15, 0.2) is 41.3 Å². The van der Waals surface area contributed by atoms with E-state index in [0.717, 1.165) is 17.5 Å². The van der Waals surface area contributed by atoms with Gasteiger partial charge in [0, 0.05) is 30.2 Å². The molecule has 0 aliphatic carbocycles. The molecule has 0 atom stereocenters. The number of nitrogens with zero attached hydrogens (tertiary/aromatic N) is 1. The molecule has 26 heavy (non-hydrogen) atoms. The van der Waals surface area contributed by atoms with Crippen LogP contribution in [0.3, 0.4) is 0 Å². The first kappa shape index (κ1) is 19.0. The first-order chi connectivity index (χ1) is 12.3. The monoisotopic (exact) mass is 412 g/mol. The summed E-state index contributed by atoms with van der Waals surface area (Å²) in [5, 5.41) is 0.383. The number of sulfonamides is 1. The third-order valence-corrected chi connectivity index (χ3v) is 6.41. The molecule has 1 aliphatic heterocycles. The Morgan fingerprint density at radius 3 is 2.65 bits per heavy atom. The largest absolute Gasteiger partial charge is 0.338 e. The number of hydrogen-bond acceptors (Lipinski definition) is 3. The summed E-state index contributed by atoms with van der Waals surface area (Å²) in [6.45, 7) is 3.00. The molecule has 0 bridgehead atoms. The molecule has 2 aromatic rings. The van der Waals surface area contributed by atoms with Gasteiger partial charge in [-0.2, -0.15) is 0 Å². The maximum absolute atomic E-state index is 12.6. The topological polar surface area (TPSA) is 66.5 Å². The van der Waals surface area contributed by atoms with Gasteiger partial charge in [0.15, 0.2) is 0 Å². The summed E-state index contributed by atoms with van der Waals surface area (Å²) in [5.41, 5.74) is 2.48. The summed E-state index contributed by atoms with van der Waals surface area (Å²) in [5.74, 6) is 0.0901. The zero-order valence-corrected chi connectivity index (χ0v) is 16.5. The highest BCUT2D eigenvalue weighted by Crippen LogP contribution is 2.28. The maximum atomic E-state index is 12.6. The van der Waals surface area contributed by atoms with Crippen LogP contribution in [0.25, 0.3) is 0 Å². The Bertz CT molecular complexity index is 961. The minimum atomic E-state index is -3.87. The van der Waals surface area contributed by atoms with Crippen molar-refractivity contribution < 1.29 is 13.2 Å². The van der Waals surface area contributed by atoms with E-state index in [1.54, 1.807) is 17.0 Å². The van der Waals surface area contributed by atoms with Crippen molar-refractivity contribution in [2.45, 2.75) is 31.2 Å². The van der Waals surface area contributed by atoms with E-state index in [1.165, 1.54) is 18.2 Å². The maximum Gasteiger partial charge on any atom is 0.263 e. The van der Waals surface area contributed by atoms with E-state index in [-0.39, 0.29) is 20.8 Å². The molecule has 2 aromatic carbocycles. The predicted molar refractivity (Wildman–Crippen MR) is 103 cm³/mol. The van der Waals surface area contributed by atoms with Crippen LogP contribution in [0.5, 0.6) is 0 Å². The normalized spacial score (nSPS) is 14.0. The predicted octanol–water partition coefficient (Wildman–Crippen LogP) is 4.09. The van der Waals surface area contributed by atoms with Crippen LogP contribution in [0.2, 0.25) is 10.0 Å². The Balaban J connectivity index is 1.87. The highest BCUT2D eigenvalue weighted by atomic mass is 35.5. The first-order valence-corrected chi connectivity index (χ1v) is 10.4. The van der Waals surface area contributed by atoms with Crippen LogP contribution in [-0.2, 0) is 27.8 Å². The molecule has 8 heteroatoms. The highest BCUT2D eigenvalue weighted by molar-refractivity contribution is 7.92. The Labute approximate surface area is 163 Å². The summed E-state index contributed by atoms with van der Waals surface area (Å²) < 4.78 is 27.8. The SMILES string of the molecule is CCC(=O)N1CCc2ccc(NS(=O)(=O)c3cc(Cl)ccc3Cl)cc2C1. The second-order valence-corrected chi connectivity index (χ2v) is 8.58. The van der Waals surface area contributed by atoms with Crippen molar-refractivity contribution in [2.75, 3.05) is 11.3 Å². The summed E-state index contributed by atoms with van der Waals surface area (Å²) in [4.78, 5) is 13.6. The molecular weight excluding hydrogens is 395 g/mol. The Morgan fingerprint density at radius 1 is 1.15 bits per heavy atom. The Morgan fingerprint density at radius 2 is 1.92 bits per heavy atom. The Hall–Kier alpha value is -1.76. The van der Waals surface area contributed by atoms with Crippen molar-refractivity contribution in [1.29, 1.82) is 0 Å². The van der Waals surface area contributed by atoms with E-state index in [1.807, 2.05) is 13.0 Å². The molecule has 0 aromatic heterocycles. The van der Waals surface area contributed by atoms with Crippen molar-refractivity contribution >= 4 is 44.8 Å². The summed E-state index contributed by atoms with van der Waals surface area (Å²) in [6.07, 6.45) is 1.21. The van der Waals surface area contributed by atoms with E-state index >= 15 is 0 Å². The van der Waals surface area contributed by atoms with Gasteiger partial charge < -0.3 is 4.90 Å². The number of halogens is 2. The lowest BCUT2D eigenvalue weighted by atomic mass is 9.99. The third-order valence-electron chi connectivity index (χ3n) is 4.31. The molecule has 1 N–H and O–H groups in total. The summed E-state index contributed by atoms with van der Waals surface area (Å²) in [7, 11) is -3.87. The lowest BCUT2D eigenvalue weighted by Gasteiger charge is -2.29. The van der Waals surface area contributed by atoms with Gasteiger partial charge in [0.1, 0.15) is 4.90 Å². The minimum absolute atomic E-state index is 0.0767. The van der Waals surface area contributed by atoms with Gasteiger partial charge >= 0.3 is 0 Å². The van der Waals surface area contributed by atoms with Gasteiger partial charge in [-0.15, -0.1) is 0 Å². The molecule has 0 saturated heterocycles. The molecule has 138 valence electrons. The molecule has 3 rings (SSSR count). The van der Waals surface area contributed by atoms with Gasteiger partial charge in [0.05, 0.1) is 5.02 Å². The smallest absolute Gasteiger partial charge is 0.263 e. The fourth-order valence-corrected chi connectivity index (χ4v) is 4.76. The van der Waals surface area contributed by atoms with Crippen LogP contribution >= 0.6 is 23.2 Å². The van der Waals surface area contributed by atoms with Crippen LogP contribution in [-0.4, -0.2) is 25.8 Å². The lowest BCUT2D eigenvalue weighted by molar-refractivity contribution is -0.131. The fraction of sp³-hybridized carbons (Fsp3) is 0.278. The van der Waals surface area contributed by atoms with E-state index in [4.69, 9.17) is 23.2 Å². The third kappa shape index (κ3) is 3.98. The average Bonchev–Trinajstić information content (AvgIpc) is 2.62. The number of nitrogens with one attached hydrogen (secondary N) is 1. The van der Waals surface area contributed by atoms with E-state index in [0.29, 0.717) is 25.2 Å². The molecule has 1 aliphatic rings. The summed E-state index contributed by atoms with van der Waals surface area (Å²) >= 11 is 11.9. The van der Waals surface area contributed by atoms with Gasteiger partial charge in [-0.3, -0.25) is 9.52 Å². The number of anilines is 1. The molecule has 0 unspecified atom stereocenters. The second-order valence-electron chi connectivity index (χ2n) is 6.08. The number of carbonyl (C=O) groups excluding carboxylic acids is 1. The number of amides is 1. The Kier molecular flexibility index (Phi) is 5.46. The molecule has 1 amide bonds. The van der Waals surface area contributed by atoms with Crippen LogP contribution in [0, 0.1) is 0 Å². The molecule has 0 spiro atoms. The molecule has 1 heterocycles. The van der Waals surface area contributed by atoms with Gasteiger partial charge in [0.2, 0.25) is 5.91 Å². The second kappa shape index (κ2) is 7.47. The van der Waals surface area contributed by atoms with Gasteiger partial charge in [-0.1, -0.05) is 36.2 Å². The van der Waals surface area contributed by atoms with Gasteiger partial charge in [-0.05, 0) is 47.9 Å². The molecule has 0 fully saturated rings. The number of hydrogen-bond donors (Lipinski definition) is 1. The number of carbonyl (C=O) groups is 1. The summed E-state index contributed by atoms with van der Waals surface area (Å²) in [6, 6.07) is 9.65. The van der Waals surface area contributed by atoms with Crippen molar-refractivity contribution in [3.8, 4) is 0 Å². The van der Waals surface area contributed by atoms with Gasteiger partial charge in [-0.25, -0.2) is 8.42 Å². The van der Waals surface area contributed by atoms with Crippen molar-refractivity contribution in [2.24, 2.45) is 0 Å². The minimum Gasteiger partial charge on any atom is -0.338 e. The quantitative estimate of drug-likeness (QED) is 0.821. The standard InChI is InChI=1S/C18H18Cl2N2O3S/c1-2-18(23)22-8-7-12-3-5-15(9-13(12)11-22)21-26(24,25)17-10-14(19)4-6-16(17)20/h3-6,9-10,21H,2,7-8,11H2,1H3. The molecular formula is C18H18Cl2N2O3S. The van der Waals surface area contributed by atoms with Gasteiger partial charge in [0.25, 0.3) is 10.0 Å². The van der Waals surface area contributed by atoms with E-state index in [2.05, 4.69) is 4.72 Å². The lowest BCUT2D eigenvalue weighted by Crippen LogP contribution is -2.35. The molecule has 0 saturated carbocycles. The highest BCUT2D eigenvalue weighted by Gasteiger charge is 2.22. The van der Waals surface area contributed by atoms with Crippen molar-refractivity contribution in [1.82, 2.24) is 4.90 Å².